The third-order valence-electron chi connectivity index (χ3n) is 4.40. The second-order valence-electron chi connectivity index (χ2n) is 6.26. The summed E-state index contributed by atoms with van der Waals surface area (Å²) in [7, 11) is 3.53. The Balaban J connectivity index is 1.78. The minimum absolute atomic E-state index is 0.612. The van der Waals surface area contributed by atoms with Gasteiger partial charge in [-0.3, -0.25) is 4.99 Å². The zero-order valence-corrected chi connectivity index (χ0v) is 15.7. The number of aliphatic imine (C=N–C) groups is 1. The average Bonchev–Trinajstić information content (AvgIpc) is 3.05. The summed E-state index contributed by atoms with van der Waals surface area (Å²) in [5.41, 5.74) is 2.54. The number of methoxy groups -OCH3 is 1. The van der Waals surface area contributed by atoms with E-state index in [0.29, 0.717) is 5.92 Å². The van der Waals surface area contributed by atoms with Gasteiger partial charge in [0.2, 0.25) is 0 Å². The van der Waals surface area contributed by atoms with Crippen LogP contribution in [-0.2, 0) is 4.74 Å². The van der Waals surface area contributed by atoms with Crippen LogP contribution >= 0.6 is 11.6 Å². The Kier molecular flexibility index (Phi) is 7.66. The van der Waals surface area contributed by atoms with Gasteiger partial charge in [-0.05, 0) is 43.4 Å². The number of benzene rings is 1. The summed E-state index contributed by atoms with van der Waals surface area (Å²) in [6.45, 7) is 6.83. The van der Waals surface area contributed by atoms with Crippen LogP contribution in [-0.4, -0.2) is 52.9 Å². The van der Waals surface area contributed by atoms with E-state index in [9.17, 15) is 0 Å². The third-order valence-corrected chi connectivity index (χ3v) is 4.63. The van der Waals surface area contributed by atoms with E-state index in [4.69, 9.17) is 16.3 Å². The first kappa shape index (κ1) is 18.9. The van der Waals surface area contributed by atoms with Crippen LogP contribution in [0.5, 0.6) is 0 Å². The van der Waals surface area contributed by atoms with E-state index in [0.717, 1.165) is 50.2 Å². The maximum absolute atomic E-state index is 6.15. The first-order valence-electron chi connectivity index (χ1n) is 8.58. The number of nitrogens with one attached hydrogen (secondary N) is 2. The van der Waals surface area contributed by atoms with Crippen molar-refractivity contribution in [3.63, 3.8) is 0 Å². The van der Waals surface area contributed by atoms with Crippen LogP contribution in [0.15, 0.2) is 23.2 Å². The van der Waals surface area contributed by atoms with Crippen molar-refractivity contribution in [3.05, 3.63) is 28.8 Å². The summed E-state index contributed by atoms with van der Waals surface area (Å²) >= 11 is 6.15. The third kappa shape index (κ3) is 5.56. The Morgan fingerprint density at radius 2 is 2.25 bits per heavy atom. The molecule has 0 radical (unpaired) electrons. The van der Waals surface area contributed by atoms with Crippen molar-refractivity contribution in [1.29, 1.82) is 0 Å². The van der Waals surface area contributed by atoms with Gasteiger partial charge in [0.05, 0.1) is 0 Å². The molecule has 2 N–H and O–H groups in total. The van der Waals surface area contributed by atoms with E-state index in [2.05, 4.69) is 39.6 Å². The molecule has 0 aliphatic carbocycles. The molecule has 6 heteroatoms. The molecular formula is C18H29ClN4O. The predicted octanol–water partition coefficient (Wildman–Crippen LogP) is 2.68. The zero-order chi connectivity index (χ0) is 17.4. The Morgan fingerprint density at radius 1 is 1.42 bits per heavy atom. The number of hydrogen-bond acceptors (Lipinski definition) is 3. The Morgan fingerprint density at radius 3 is 3.00 bits per heavy atom. The monoisotopic (exact) mass is 352 g/mol. The molecular weight excluding hydrogens is 324 g/mol. The zero-order valence-electron chi connectivity index (χ0n) is 14.9. The molecule has 0 amide bonds. The lowest BCUT2D eigenvalue weighted by Crippen LogP contribution is -2.40. The molecule has 5 nitrogen and oxygen atoms in total. The van der Waals surface area contributed by atoms with Crippen LogP contribution in [0.2, 0.25) is 5.02 Å². The molecule has 0 saturated carbocycles. The van der Waals surface area contributed by atoms with Gasteiger partial charge < -0.3 is 20.3 Å². The summed E-state index contributed by atoms with van der Waals surface area (Å²) in [5.74, 6) is 1.48. The summed E-state index contributed by atoms with van der Waals surface area (Å²) in [4.78, 5) is 6.70. The van der Waals surface area contributed by atoms with Crippen LogP contribution in [0.1, 0.15) is 18.4 Å². The van der Waals surface area contributed by atoms with E-state index < -0.39 is 0 Å². The molecule has 1 aliphatic rings. The second-order valence-corrected chi connectivity index (χ2v) is 6.69. The van der Waals surface area contributed by atoms with Crippen LogP contribution in [0.4, 0.5) is 5.69 Å². The number of anilines is 1. The van der Waals surface area contributed by atoms with Crippen LogP contribution < -0.4 is 15.5 Å². The fraction of sp³-hybridized carbons (Fsp3) is 0.611. The van der Waals surface area contributed by atoms with Gasteiger partial charge in [0, 0.05) is 57.7 Å². The van der Waals surface area contributed by atoms with Crippen molar-refractivity contribution in [2.24, 2.45) is 10.9 Å². The number of guanidine groups is 1. The standard InChI is InChI=1S/C18H29ClN4O/c1-14-5-6-16(19)11-17(14)23-9-7-15(13-23)12-22-18(20-2)21-8-4-10-24-3/h5-6,11,15H,4,7-10,12-13H2,1-3H3,(H2,20,21,22). The summed E-state index contributed by atoms with van der Waals surface area (Å²) in [6, 6.07) is 6.12. The Labute approximate surface area is 150 Å². The van der Waals surface area contributed by atoms with E-state index in [-0.39, 0.29) is 0 Å². The average molecular weight is 353 g/mol. The normalized spacial score (nSPS) is 18.1. The molecule has 1 fully saturated rings. The molecule has 0 aromatic heterocycles. The fourth-order valence-electron chi connectivity index (χ4n) is 3.03. The highest BCUT2D eigenvalue weighted by Gasteiger charge is 2.23. The molecule has 0 spiro atoms. The van der Waals surface area contributed by atoms with Crippen LogP contribution in [0, 0.1) is 12.8 Å². The van der Waals surface area contributed by atoms with E-state index in [1.807, 2.05) is 13.1 Å². The van der Waals surface area contributed by atoms with Gasteiger partial charge >= 0.3 is 0 Å². The van der Waals surface area contributed by atoms with Crippen molar-refractivity contribution < 1.29 is 4.74 Å². The first-order valence-corrected chi connectivity index (χ1v) is 8.96. The minimum atomic E-state index is 0.612. The molecule has 1 saturated heterocycles. The summed E-state index contributed by atoms with van der Waals surface area (Å²) < 4.78 is 5.06. The molecule has 1 atom stereocenters. The number of rotatable bonds is 7. The molecule has 134 valence electrons. The Bertz CT molecular complexity index is 550. The van der Waals surface area contributed by atoms with Gasteiger partial charge in [-0.1, -0.05) is 17.7 Å². The van der Waals surface area contributed by atoms with Gasteiger partial charge in [0.25, 0.3) is 0 Å². The highest BCUT2D eigenvalue weighted by molar-refractivity contribution is 6.30. The van der Waals surface area contributed by atoms with Crippen molar-refractivity contribution in [2.45, 2.75) is 19.8 Å². The molecule has 1 aromatic carbocycles. The second kappa shape index (κ2) is 9.74. The highest BCUT2D eigenvalue weighted by atomic mass is 35.5. The topological polar surface area (TPSA) is 48.9 Å². The van der Waals surface area contributed by atoms with Crippen molar-refractivity contribution in [2.75, 3.05) is 51.8 Å². The quantitative estimate of drug-likeness (QED) is 0.450. The smallest absolute Gasteiger partial charge is 0.190 e. The SMILES string of the molecule is CN=C(NCCCOC)NCC1CCN(c2cc(Cl)ccc2C)C1. The van der Waals surface area contributed by atoms with E-state index in [1.54, 1.807) is 7.11 Å². The molecule has 1 unspecified atom stereocenters. The highest BCUT2D eigenvalue weighted by Crippen LogP contribution is 2.29. The van der Waals surface area contributed by atoms with E-state index in [1.165, 1.54) is 17.7 Å². The van der Waals surface area contributed by atoms with Gasteiger partial charge in [0.1, 0.15) is 0 Å². The molecule has 2 rings (SSSR count). The van der Waals surface area contributed by atoms with Gasteiger partial charge in [-0.15, -0.1) is 0 Å². The maximum Gasteiger partial charge on any atom is 0.190 e. The van der Waals surface area contributed by atoms with Gasteiger partial charge in [-0.2, -0.15) is 0 Å². The lowest BCUT2D eigenvalue weighted by atomic mass is 10.1. The van der Waals surface area contributed by atoms with E-state index >= 15 is 0 Å². The number of hydrogen-bond donors (Lipinski definition) is 2. The molecule has 1 heterocycles. The summed E-state index contributed by atoms with van der Waals surface area (Å²) in [6.07, 6.45) is 2.15. The fourth-order valence-corrected chi connectivity index (χ4v) is 3.19. The van der Waals surface area contributed by atoms with Crippen LogP contribution in [0.3, 0.4) is 0 Å². The molecule has 24 heavy (non-hydrogen) atoms. The largest absolute Gasteiger partial charge is 0.385 e. The van der Waals surface area contributed by atoms with Crippen molar-refractivity contribution >= 4 is 23.2 Å². The van der Waals surface area contributed by atoms with Gasteiger partial charge in [0.15, 0.2) is 5.96 Å². The van der Waals surface area contributed by atoms with Crippen molar-refractivity contribution in [3.8, 4) is 0 Å². The molecule has 0 bridgehead atoms. The number of ether oxygens (including phenoxy) is 1. The van der Waals surface area contributed by atoms with Crippen molar-refractivity contribution in [1.82, 2.24) is 10.6 Å². The lowest BCUT2D eigenvalue weighted by molar-refractivity contribution is 0.195. The van der Waals surface area contributed by atoms with Crippen LogP contribution in [0.25, 0.3) is 0 Å². The number of nitrogens with zero attached hydrogens (tertiary/aromatic N) is 2. The maximum atomic E-state index is 6.15. The molecule has 1 aliphatic heterocycles. The number of halogens is 1. The lowest BCUT2D eigenvalue weighted by Gasteiger charge is -2.21. The Hall–Kier alpha value is -1.46. The predicted molar refractivity (Wildman–Crippen MR) is 102 cm³/mol. The first-order chi connectivity index (χ1) is 11.6. The number of aryl methyl sites for hydroxylation is 1. The minimum Gasteiger partial charge on any atom is -0.385 e. The van der Waals surface area contributed by atoms with Gasteiger partial charge in [-0.25, -0.2) is 0 Å². The summed E-state index contributed by atoms with van der Waals surface area (Å²) in [5, 5.41) is 7.55. The molecule has 1 aromatic rings.